The van der Waals surface area contributed by atoms with Crippen LogP contribution in [-0.2, 0) is 27.9 Å². The van der Waals surface area contributed by atoms with E-state index < -0.39 is 50.6 Å². The van der Waals surface area contributed by atoms with Gasteiger partial charge in [-0.1, -0.05) is 63.3 Å². The van der Waals surface area contributed by atoms with Gasteiger partial charge in [0.1, 0.15) is 31.0 Å². The lowest BCUT2D eigenvalue weighted by atomic mass is 9.97. The number of unbranched alkanes of at least 4 members (excludes halogenated alkanes) is 8. The molecule has 7 N–H and O–H groups in total. The molecule has 0 aromatic rings. The average Bonchev–Trinajstić information content (AvgIpc) is 2.98. The van der Waals surface area contributed by atoms with E-state index in [-0.39, 0.29) is 39.3 Å². The Bertz CT molecular complexity index is 844. The second-order valence-electron chi connectivity index (χ2n) is 10.8. The van der Waals surface area contributed by atoms with E-state index in [1.54, 1.807) is 0 Å². The van der Waals surface area contributed by atoms with Gasteiger partial charge >= 0.3 is 13.8 Å². The zero-order valence-electron chi connectivity index (χ0n) is 25.4. The topological polar surface area (TPSA) is 204 Å². The van der Waals surface area contributed by atoms with Gasteiger partial charge in [-0.15, -0.1) is 0 Å². The van der Waals surface area contributed by atoms with Crippen LogP contribution in [0.2, 0.25) is 0 Å². The fourth-order valence-corrected chi connectivity index (χ4v) is 4.91. The van der Waals surface area contributed by atoms with Crippen molar-refractivity contribution < 1.29 is 58.3 Å². The zero-order chi connectivity index (χ0) is 32.0. The molecule has 0 aromatic carbocycles. The molecule has 1 aliphatic heterocycles. The lowest BCUT2D eigenvalue weighted by Gasteiger charge is -2.41. The third-order valence-electron chi connectivity index (χ3n) is 6.79. The molecule has 1 aliphatic rings. The van der Waals surface area contributed by atoms with Crippen LogP contribution in [0.5, 0.6) is 0 Å². The first-order chi connectivity index (χ1) is 20.5. The number of phosphoric acid groups is 1. The minimum atomic E-state index is -4.52. The van der Waals surface area contributed by atoms with Crippen molar-refractivity contribution in [3.63, 3.8) is 0 Å². The van der Waals surface area contributed by atoms with Crippen LogP contribution in [0.1, 0.15) is 84.0 Å². The SMILES string of the molecule is CCCCC/C=C\C/C=C\CCCCCCCC(=O)OC[C@@H](O)COP(=O)(O)OCCNC[C@@]1(O)OC[C@@H](O)[C@@H](O)[C@@H]1O. The van der Waals surface area contributed by atoms with Gasteiger partial charge < -0.3 is 45.2 Å². The number of carbonyl (C=O) groups is 1. The summed E-state index contributed by atoms with van der Waals surface area (Å²) in [6.07, 6.45) is 14.9. The van der Waals surface area contributed by atoms with Crippen molar-refractivity contribution in [1.82, 2.24) is 5.32 Å². The lowest BCUT2D eigenvalue weighted by Crippen LogP contribution is -2.64. The molecule has 0 aliphatic carbocycles. The smallest absolute Gasteiger partial charge is 0.463 e. The Morgan fingerprint density at radius 2 is 1.65 bits per heavy atom. The monoisotopic (exact) mass is 639 g/mol. The molecule has 0 radical (unpaired) electrons. The average molecular weight is 640 g/mol. The number of allylic oxidation sites excluding steroid dienone is 4. The van der Waals surface area contributed by atoms with E-state index in [9.17, 15) is 39.8 Å². The number of carbonyl (C=O) groups excluding carboxylic acids is 1. The first-order valence-corrected chi connectivity index (χ1v) is 16.9. The van der Waals surface area contributed by atoms with Crippen molar-refractivity contribution in [2.45, 2.75) is 114 Å². The van der Waals surface area contributed by atoms with Crippen molar-refractivity contribution in [1.29, 1.82) is 0 Å². The Morgan fingerprint density at radius 1 is 1.00 bits per heavy atom. The number of aliphatic hydroxyl groups excluding tert-OH is 4. The largest absolute Gasteiger partial charge is 0.472 e. The normalized spacial score (nSPS) is 24.9. The van der Waals surface area contributed by atoms with Gasteiger partial charge in [-0.3, -0.25) is 13.8 Å². The quantitative estimate of drug-likeness (QED) is 0.0332. The summed E-state index contributed by atoms with van der Waals surface area (Å²) in [6, 6.07) is 0. The molecule has 0 bridgehead atoms. The summed E-state index contributed by atoms with van der Waals surface area (Å²) in [5, 5.41) is 51.7. The molecule has 0 amide bonds. The van der Waals surface area contributed by atoms with E-state index in [1.165, 1.54) is 19.3 Å². The Labute approximate surface area is 255 Å². The van der Waals surface area contributed by atoms with Gasteiger partial charge in [-0.25, -0.2) is 4.57 Å². The Balaban J connectivity index is 2.02. The van der Waals surface area contributed by atoms with Gasteiger partial charge in [0.05, 0.1) is 26.4 Å². The molecular weight excluding hydrogens is 585 g/mol. The molecule has 6 atom stereocenters. The Kier molecular flexibility index (Phi) is 21.4. The molecule has 0 saturated carbocycles. The highest BCUT2D eigenvalue weighted by molar-refractivity contribution is 7.47. The Hall–Kier alpha value is -1.22. The van der Waals surface area contributed by atoms with E-state index in [0.29, 0.717) is 6.42 Å². The third kappa shape index (κ3) is 19.0. The molecular formula is C29H54NO12P. The summed E-state index contributed by atoms with van der Waals surface area (Å²) < 4.78 is 31.4. The second kappa shape index (κ2) is 23.2. The molecule has 14 heteroatoms. The molecule has 0 spiro atoms. The molecule has 1 saturated heterocycles. The van der Waals surface area contributed by atoms with Gasteiger partial charge in [0.15, 0.2) is 0 Å². The van der Waals surface area contributed by atoms with E-state index in [1.807, 2.05) is 0 Å². The van der Waals surface area contributed by atoms with Crippen LogP contribution in [0.25, 0.3) is 0 Å². The Morgan fingerprint density at radius 3 is 2.35 bits per heavy atom. The fraction of sp³-hybridized carbons (Fsp3) is 0.828. The van der Waals surface area contributed by atoms with Crippen LogP contribution in [-0.4, -0.2) is 106 Å². The highest BCUT2D eigenvalue weighted by atomic mass is 31.2. The van der Waals surface area contributed by atoms with Crippen molar-refractivity contribution in [3.05, 3.63) is 24.3 Å². The number of aliphatic hydroxyl groups is 5. The highest BCUT2D eigenvalue weighted by Crippen LogP contribution is 2.42. The minimum Gasteiger partial charge on any atom is -0.463 e. The lowest BCUT2D eigenvalue weighted by molar-refractivity contribution is -0.317. The molecule has 1 fully saturated rings. The number of phosphoric ester groups is 1. The van der Waals surface area contributed by atoms with Gasteiger partial charge in [-0.2, -0.15) is 0 Å². The predicted octanol–water partition coefficient (Wildman–Crippen LogP) is 2.23. The molecule has 43 heavy (non-hydrogen) atoms. The van der Waals surface area contributed by atoms with Crippen molar-refractivity contribution in [3.8, 4) is 0 Å². The van der Waals surface area contributed by atoms with Crippen LogP contribution in [0.3, 0.4) is 0 Å². The zero-order valence-corrected chi connectivity index (χ0v) is 26.3. The maximum Gasteiger partial charge on any atom is 0.472 e. The molecule has 1 heterocycles. The summed E-state index contributed by atoms with van der Waals surface area (Å²) in [4.78, 5) is 21.6. The van der Waals surface area contributed by atoms with Crippen LogP contribution in [0.4, 0.5) is 0 Å². The number of hydrogen-bond acceptors (Lipinski definition) is 12. The van der Waals surface area contributed by atoms with E-state index >= 15 is 0 Å². The second-order valence-corrected chi connectivity index (χ2v) is 12.2. The maximum absolute atomic E-state index is 12.0. The summed E-state index contributed by atoms with van der Waals surface area (Å²) in [7, 11) is -4.52. The summed E-state index contributed by atoms with van der Waals surface area (Å²) in [6.45, 7) is 0.0557. The van der Waals surface area contributed by atoms with Crippen LogP contribution in [0.15, 0.2) is 24.3 Å². The molecule has 252 valence electrons. The van der Waals surface area contributed by atoms with Crippen molar-refractivity contribution in [2.75, 3.05) is 39.5 Å². The van der Waals surface area contributed by atoms with E-state index in [4.69, 9.17) is 18.5 Å². The molecule has 1 rings (SSSR count). The van der Waals surface area contributed by atoms with Crippen LogP contribution >= 0.6 is 7.82 Å². The number of ether oxygens (including phenoxy) is 2. The molecule has 0 aromatic heterocycles. The standard InChI is InChI=1S/C29H54NO12P/c1-2-3-4-5-6-7-8-9-10-11-12-13-14-15-16-17-26(33)39-20-24(31)21-42-43(37,38)41-19-18-30-23-29(36)28(35)27(34)25(32)22-40-29/h6-7,9-10,24-25,27-28,30-32,34-36H,2-5,8,11-23H2,1H3,(H,37,38)/b7-6-,10-9-/t24-,25-,27-,28+,29-/m1/s1. The number of esters is 1. The van der Waals surface area contributed by atoms with Gasteiger partial charge in [0.25, 0.3) is 0 Å². The van der Waals surface area contributed by atoms with Crippen LogP contribution in [0, 0.1) is 0 Å². The number of hydrogen-bond donors (Lipinski definition) is 7. The summed E-state index contributed by atoms with van der Waals surface area (Å²) in [5.41, 5.74) is 0. The first kappa shape index (κ1) is 39.8. The van der Waals surface area contributed by atoms with Crippen LogP contribution < -0.4 is 5.32 Å². The summed E-state index contributed by atoms with van der Waals surface area (Å²) >= 11 is 0. The maximum atomic E-state index is 12.0. The first-order valence-electron chi connectivity index (χ1n) is 15.4. The van der Waals surface area contributed by atoms with Crippen molar-refractivity contribution in [2.24, 2.45) is 0 Å². The third-order valence-corrected chi connectivity index (χ3v) is 7.78. The minimum absolute atomic E-state index is 0.0702. The molecule has 1 unspecified atom stereocenters. The fourth-order valence-electron chi connectivity index (χ4n) is 4.15. The van der Waals surface area contributed by atoms with E-state index in [2.05, 4.69) is 36.5 Å². The van der Waals surface area contributed by atoms with Gasteiger partial charge in [0, 0.05) is 13.0 Å². The van der Waals surface area contributed by atoms with Crippen molar-refractivity contribution >= 4 is 13.8 Å². The van der Waals surface area contributed by atoms with Gasteiger partial charge in [0.2, 0.25) is 5.79 Å². The van der Waals surface area contributed by atoms with E-state index in [0.717, 1.165) is 44.9 Å². The summed E-state index contributed by atoms with van der Waals surface area (Å²) in [5.74, 6) is -2.63. The predicted molar refractivity (Wildman–Crippen MR) is 160 cm³/mol. The number of rotatable bonds is 25. The van der Waals surface area contributed by atoms with Gasteiger partial charge in [-0.05, 0) is 38.5 Å². The number of nitrogens with one attached hydrogen (secondary N) is 1. The highest BCUT2D eigenvalue weighted by Gasteiger charge is 2.48. The molecule has 13 nitrogen and oxygen atoms in total.